The molecule has 0 radical (unpaired) electrons. The quantitative estimate of drug-likeness (QED) is 0.498. The number of nitrogens with zero attached hydrogens (tertiary/aromatic N) is 1. The lowest BCUT2D eigenvalue weighted by Crippen LogP contribution is -2.43. The zero-order chi connectivity index (χ0) is 19.0. The highest BCUT2D eigenvalue weighted by Crippen LogP contribution is 2.40. The van der Waals surface area contributed by atoms with Gasteiger partial charge in [-0.05, 0) is 50.3 Å². The van der Waals surface area contributed by atoms with Gasteiger partial charge in [-0.1, -0.05) is 54.6 Å². The first-order chi connectivity index (χ1) is 13.0. The average molecular weight is 376 g/mol. The van der Waals surface area contributed by atoms with Crippen molar-refractivity contribution in [1.82, 2.24) is 4.90 Å². The number of thiophene rings is 1. The second-order valence-electron chi connectivity index (χ2n) is 7.79. The summed E-state index contributed by atoms with van der Waals surface area (Å²) in [5.74, 6) is -0.0934. The standard InChI is InChI=1S/C24H25NOS/c1-24(26,16-25(2)3)23(17-9-5-4-6-10-17)18-13-14-22-20(15-18)19-11-7-8-12-21(19)27-22/h4-15,23,26H,16H2,1-3H3. The summed E-state index contributed by atoms with van der Waals surface area (Å²) in [4.78, 5) is 2.05. The van der Waals surface area contributed by atoms with E-state index in [4.69, 9.17) is 0 Å². The van der Waals surface area contributed by atoms with Crippen LogP contribution in [-0.2, 0) is 0 Å². The Hall–Kier alpha value is -2.20. The molecule has 2 nitrogen and oxygen atoms in total. The maximum absolute atomic E-state index is 11.4. The second kappa shape index (κ2) is 7.08. The molecule has 0 aliphatic rings. The van der Waals surface area contributed by atoms with Gasteiger partial charge in [0.25, 0.3) is 0 Å². The van der Waals surface area contributed by atoms with Crippen molar-refractivity contribution >= 4 is 31.5 Å². The Balaban J connectivity index is 1.90. The van der Waals surface area contributed by atoms with Crippen LogP contribution >= 0.6 is 11.3 Å². The van der Waals surface area contributed by atoms with Crippen LogP contribution in [0.4, 0.5) is 0 Å². The zero-order valence-electron chi connectivity index (χ0n) is 16.0. The second-order valence-corrected chi connectivity index (χ2v) is 8.88. The van der Waals surface area contributed by atoms with E-state index in [0.717, 1.165) is 11.1 Å². The van der Waals surface area contributed by atoms with Gasteiger partial charge in [0.05, 0.1) is 5.60 Å². The molecule has 1 aromatic heterocycles. The first-order valence-electron chi connectivity index (χ1n) is 9.29. The van der Waals surface area contributed by atoms with E-state index in [1.54, 1.807) is 0 Å². The van der Waals surface area contributed by atoms with Gasteiger partial charge in [-0.25, -0.2) is 0 Å². The largest absolute Gasteiger partial charge is 0.388 e. The minimum absolute atomic E-state index is 0.0934. The van der Waals surface area contributed by atoms with Crippen LogP contribution < -0.4 is 0 Å². The molecule has 3 aromatic carbocycles. The molecule has 0 saturated carbocycles. The van der Waals surface area contributed by atoms with Gasteiger partial charge >= 0.3 is 0 Å². The molecule has 1 heterocycles. The molecule has 2 unspecified atom stereocenters. The lowest BCUT2D eigenvalue weighted by atomic mass is 9.78. The van der Waals surface area contributed by atoms with Crippen LogP contribution in [0.3, 0.4) is 0 Å². The predicted octanol–water partition coefficient (Wildman–Crippen LogP) is 5.50. The van der Waals surface area contributed by atoms with Crippen LogP contribution in [0.5, 0.6) is 0 Å². The van der Waals surface area contributed by atoms with Gasteiger partial charge in [-0.3, -0.25) is 0 Å². The first-order valence-corrected chi connectivity index (χ1v) is 10.1. The topological polar surface area (TPSA) is 23.5 Å². The van der Waals surface area contributed by atoms with Gasteiger partial charge in [0.15, 0.2) is 0 Å². The Morgan fingerprint density at radius 3 is 2.26 bits per heavy atom. The summed E-state index contributed by atoms with van der Waals surface area (Å²) in [5.41, 5.74) is 1.41. The summed E-state index contributed by atoms with van der Waals surface area (Å²) >= 11 is 1.83. The van der Waals surface area contributed by atoms with E-state index in [1.807, 2.05) is 50.6 Å². The van der Waals surface area contributed by atoms with Crippen LogP contribution in [0.25, 0.3) is 20.2 Å². The minimum Gasteiger partial charge on any atom is -0.388 e. The molecule has 1 N–H and O–H groups in total. The predicted molar refractivity (Wildman–Crippen MR) is 117 cm³/mol. The molecule has 3 heteroatoms. The highest BCUT2D eigenvalue weighted by atomic mass is 32.1. The number of fused-ring (bicyclic) bond motifs is 3. The van der Waals surface area contributed by atoms with Crippen molar-refractivity contribution in [1.29, 1.82) is 0 Å². The summed E-state index contributed by atoms with van der Waals surface area (Å²) in [6.45, 7) is 2.54. The van der Waals surface area contributed by atoms with Crippen molar-refractivity contribution in [3.05, 3.63) is 83.9 Å². The van der Waals surface area contributed by atoms with E-state index < -0.39 is 5.60 Å². The van der Waals surface area contributed by atoms with E-state index in [2.05, 4.69) is 59.5 Å². The molecular formula is C24H25NOS. The number of likely N-dealkylation sites (N-methyl/N-ethyl adjacent to an activating group) is 1. The number of benzene rings is 3. The van der Waals surface area contributed by atoms with Crippen molar-refractivity contribution < 1.29 is 5.11 Å². The van der Waals surface area contributed by atoms with Crippen molar-refractivity contribution in [3.8, 4) is 0 Å². The zero-order valence-corrected chi connectivity index (χ0v) is 16.8. The molecule has 138 valence electrons. The summed E-state index contributed by atoms with van der Waals surface area (Å²) < 4.78 is 2.60. The summed E-state index contributed by atoms with van der Waals surface area (Å²) in [6, 6.07) is 25.6. The number of hydrogen-bond donors (Lipinski definition) is 1. The van der Waals surface area contributed by atoms with Crippen LogP contribution in [0.15, 0.2) is 72.8 Å². The molecule has 0 bridgehead atoms. The highest BCUT2D eigenvalue weighted by Gasteiger charge is 2.35. The van der Waals surface area contributed by atoms with Crippen molar-refractivity contribution in [2.75, 3.05) is 20.6 Å². The molecule has 0 fully saturated rings. The fourth-order valence-electron chi connectivity index (χ4n) is 4.21. The third-order valence-corrected chi connectivity index (χ3v) is 6.28. The van der Waals surface area contributed by atoms with Crippen LogP contribution in [0.2, 0.25) is 0 Å². The highest BCUT2D eigenvalue weighted by molar-refractivity contribution is 7.25. The van der Waals surface area contributed by atoms with Gasteiger partial charge < -0.3 is 10.0 Å². The normalized spacial score (nSPS) is 15.3. The third kappa shape index (κ3) is 3.51. The summed E-state index contributed by atoms with van der Waals surface area (Å²) in [5, 5.41) is 14.0. The molecule has 0 amide bonds. The van der Waals surface area contributed by atoms with Crippen LogP contribution in [0, 0.1) is 0 Å². The number of rotatable bonds is 5. The average Bonchev–Trinajstić information content (AvgIpc) is 2.99. The minimum atomic E-state index is -0.885. The van der Waals surface area contributed by atoms with E-state index in [0.29, 0.717) is 6.54 Å². The van der Waals surface area contributed by atoms with Gasteiger partial charge in [0.2, 0.25) is 0 Å². The molecule has 0 saturated heterocycles. The molecule has 4 rings (SSSR count). The first kappa shape index (κ1) is 18.2. The number of aliphatic hydroxyl groups is 1. The Morgan fingerprint density at radius 2 is 1.52 bits per heavy atom. The van der Waals surface area contributed by atoms with Crippen molar-refractivity contribution in [2.45, 2.75) is 18.4 Å². The van der Waals surface area contributed by atoms with Crippen LogP contribution in [-0.4, -0.2) is 36.2 Å². The Morgan fingerprint density at radius 1 is 0.852 bits per heavy atom. The molecule has 0 spiro atoms. The summed E-state index contributed by atoms with van der Waals surface area (Å²) in [7, 11) is 4.01. The third-order valence-electron chi connectivity index (χ3n) is 5.13. The lowest BCUT2D eigenvalue weighted by Gasteiger charge is -2.36. The van der Waals surface area contributed by atoms with Crippen LogP contribution in [0.1, 0.15) is 24.0 Å². The fourth-order valence-corrected chi connectivity index (χ4v) is 5.30. The van der Waals surface area contributed by atoms with E-state index in [1.165, 1.54) is 20.2 Å². The Kier molecular flexibility index (Phi) is 4.77. The van der Waals surface area contributed by atoms with Crippen molar-refractivity contribution in [2.24, 2.45) is 0 Å². The van der Waals surface area contributed by atoms with E-state index in [9.17, 15) is 5.11 Å². The molecule has 2 atom stereocenters. The Labute approximate surface area is 164 Å². The molecular weight excluding hydrogens is 350 g/mol. The summed E-state index contributed by atoms with van der Waals surface area (Å²) in [6.07, 6.45) is 0. The smallest absolute Gasteiger partial charge is 0.0854 e. The van der Waals surface area contributed by atoms with Crippen molar-refractivity contribution in [3.63, 3.8) is 0 Å². The van der Waals surface area contributed by atoms with E-state index >= 15 is 0 Å². The number of hydrogen-bond acceptors (Lipinski definition) is 3. The van der Waals surface area contributed by atoms with Gasteiger partial charge in [0, 0.05) is 32.6 Å². The van der Waals surface area contributed by atoms with Gasteiger partial charge in [-0.15, -0.1) is 11.3 Å². The van der Waals surface area contributed by atoms with Gasteiger partial charge in [0.1, 0.15) is 0 Å². The van der Waals surface area contributed by atoms with E-state index in [-0.39, 0.29) is 5.92 Å². The fraction of sp³-hybridized carbons (Fsp3) is 0.250. The lowest BCUT2D eigenvalue weighted by molar-refractivity contribution is 0.0183. The maximum atomic E-state index is 11.4. The molecule has 27 heavy (non-hydrogen) atoms. The SMILES string of the molecule is CN(C)CC(C)(O)C(c1ccccc1)c1ccc2sc3ccccc3c2c1. The monoisotopic (exact) mass is 375 g/mol. The Bertz CT molecular complexity index is 1070. The maximum Gasteiger partial charge on any atom is 0.0854 e. The molecule has 0 aliphatic heterocycles. The molecule has 4 aromatic rings. The van der Waals surface area contributed by atoms with Gasteiger partial charge in [-0.2, -0.15) is 0 Å². The molecule has 0 aliphatic carbocycles.